The fourth-order valence-corrected chi connectivity index (χ4v) is 11.0. The van der Waals surface area contributed by atoms with E-state index in [0.717, 1.165) is 50.3 Å². The Hall–Kier alpha value is -5.36. The molecule has 3 heterocycles. The number of hydrogen-bond donors (Lipinski definition) is 1. The van der Waals surface area contributed by atoms with E-state index in [0.29, 0.717) is 76.2 Å². The first-order chi connectivity index (χ1) is 31.4. The van der Waals surface area contributed by atoms with Crippen LogP contribution in [-0.4, -0.2) is 133 Å². The van der Waals surface area contributed by atoms with Gasteiger partial charge in [-0.25, -0.2) is 9.59 Å². The second kappa shape index (κ2) is 20.2. The summed E-state index contributed by atoms with van der Waals surface area (Å²) in [6.45, 7) is 8.83. The molecule has 2 aliphatic rings. The van der Waals surface area contributed by atoms with Crippen LogP contribution in [0.25, 0.3) is 21.9 Å². The lowest BCUT2D eigenvalue weighted by Crippen LogP contribution is -2.52. The van der Waals surface area contributed by atoms with E-state index in [-0.39, 0.29) is 6.61 Å². The first-order valence-electron chi connectivity index (χ1n) is 22.3. The minimum absolute atomic E-state index is 0.192. The van der Waals surface area contributed by atoms with Crippen molar-refractivity contribution in [1.82, 2.24) is 23.3 Å². The molecule has 2 unspecified atom stereocenters. The molecule has 1 fully saturated rings. The topological polar surface area (TPSA) is 150 Å². The molecular formula is C49H62BrN7O8S. The first kappa shape index (κ1) is 48.6. The third kappa shape index (κ3) is 10.6. The van der Waals surface area contributed by atoms with Gasteiger partial charge in [0.2, 0.25) is 0 Å². The molecule has 354 valence electrons. The van der Waals surface area contributed by atoms with Crippen LogP contribution >= 0.6 is 15.9 Å². The number of ether oxygens (including phenoxy) is 3. The van der Waals surface area contributed by atoms with E-state index in [1.165, 1.54) is 13.5 Å². The SMILES string of the molecule is CN(CCCN1c2ccc(-c3cn(C)nc3COc3ccc(N4CCN(S(=O)(=O)N(C)C)CC4)cc3)cc2C(CBr)(CCCOc2cccc3ccccc23)C1C(=O)O)C(=O)OC(C)(C)C. The number of rotatable bonds is 18. The van der Waals surface area contributed by atoms with Crippen molar-refractivity contribution >= 4 is 60.3 Å². The van der Waals surface area contributed by atoms with Gasteiger partial charge in [0, 0.05) is 107 Å². The number of carbonyl (C=O) groups is 2. The van der Waals surface area contributed by atoms with Crippen LogP contribution in [0.4, 0.5) is 16.2 Å². The summed E-state index contributed by atoms with van der Waals surface area (Å²) in [4.78, 5) is 32.1. The van der Waals surface area contributed by atoms with Crippen LogP contribution < -0.4 is 19.3 Å². The summed E-state index contributed by atoms with van der Waals surface area (Å²) in [7, 11) is 3.21. The Morgan fingerprint density at radius 3 is 2.32 bits per heavy atom. The standard InChI is InChI=1S/C49H62BrN7O8S/c1-48(2,3)65-47(60)53(6)24-12-25-57-43-22-17-36(31-41(43)49(34-50,45(57)46(58)59)23-11-30-63-44-16-10-14-35-13-8-9-15-39(35)44)40-32-54(7)51-42(40)33-64-38-20-18-37(19-21-38)55-26-28-56(29-27-55)66(61,62)52(4)5/h8-10,13-22,31-32,45H,11-12,23-30,33-34H2,1-7H3,(H,58,59). The van der Waals surface area contributed by atoms with Crippen molar-refractivity contribution < 1.29 is 37.3 Å². The molecule has 7 rings (SSSR count). The smallest absolute Gasteiger partial charge is 0.410 e. The van der Waals surface area contributed by atoms with Crippen molar-refractivity contribution in [2.24, 2.45) is 7.05 Å². The van der Waals surface area contributed by atoms with Gasteiger partial charge in [0.25, 0.3) is 10.2 Å². The highest BCUT2D eigenvalue weighted by Crippen LogP contribution is 2.51. The average Bonchev–Trinajstić information content (AvgIpc) is 3.80. The van der Waals surface area contributed by atoms with Gasteiger partial charge in [-0.2, -0.15) is 22.1 Å². The van der Waals surface area contributed by atoms with Gasteiger partial charge in [0.15, 0.2) is 0 Å². The van der Waals surface area contributed by atoms with Crippen LogP contribution in [0.1, 0.15) is 51.3 Å². The second-order valence-corrected chi connectivity index (χ2v) is 21.0. The molecule has 0 saturated carbocycles. The maximum absolute atomic E-state index is 13.6. The van der Waals surface area contributed by atoms with Gasteiger partial charge in [0.05, 0.1) is 6.61 Å². The molecule has 1 N–H and O–H groups in total. The van der Waals surface area contributed by atoms with Crippen LogP contribution in [-0.2, 0) is 38.8 Å². The number of amides is 1. The third-order valence-corrected chi connectivity index (χ3v) is 15.3. The number of aliphatic carboxylic acids is 1. The number of nitrogens with zero attached hydrogens (tertiary/aromatic N) is 7. The van der Waals surface area contributed by atoms with Gasteiger partial charge >= 0.3 is 12.1 Å². The van der Waals surface area contributed by atoms with Crippen LogP contribution in [0.5, 0.6) is 11.5 Å². The lowest BCUT2D eigenvalue weighted by atomic mass is 9.74. The largest absolute Gasteiger partial charge is 0.493 e. The molecule has 0 radical (unpaired) electrons. The summed E-state index contributed by atoms with van der Waals surface area (Å²) in [6.07, 6.45) is 3.17. The summed E-state index contributed by atoms with van der Waals surface area (Å²) >= 11 is 3.84. The number of anilines is 2. The number of carboxylic acids is 1. The lowest BCUT2D eigenvalue weighted by Gasteiger charge is -2.36. The highest BCUT2D eigenvalue weighted by Gasteiger charge is 2.53. The van der Waals surface area contributed by atoms with Crippen molar-refractivity contribution in [2.45, 2.75) is 63.7 Å². The Morgan fingerprint density at radius 1 is 0.924 bits per heavy atom. The minimum atomic E-state index is -3.45. The number of carboxylic acid groups (broad SMARTS) is 1. The summed E-state index contributed by atoms with van der Waals surface area (Å²) in [6, 6.07) is 27.1. The van der Waals surface area contributed by atoms with Crippen LogP contribution in [0, 0.1) is 0 Å². The van der Waals surface area contributed by atoms with Crippen molar-refractivity contribution in [2.75, 3.05) is 82.1 Å². The van der Waals surface area contributed by atoms with Crippen LogP contribution in [0.3, 0.4) is 0 Å². The first-order valence-corrected chi connectivity index (χ1v) is 24.9. The van der Waals surface area contributed by atoms with E-state index in [4.69, 9.17) is 19.3 Å². The highest BCUT2D eigenvalue weighted by atomic mass is 79.9. The van der Waals surface area contributed by atoms with Crippen molar-refractivity contribution in [1.29, 1.82) is 0 Å². The predicted octanol–water partition coefficient (Wildman–Crippen LogP) is 7.77. The van der Waals surface area contributed by atoms with Gasteiger partial charge in [-0.05, 0) is 99.0 Å². The predicted molar refractivity (Wildman–Crippen MR) is 262 cm³/mol. The molecule has 1 amide bonds. The van der Waals surface area contributed by atoms with Gasteiger partial charge in [0.1, 0.15) is 35.4 Å². The maximum Gasteiger partial charge on any atom is 0.410 e. The summed E-state index contributed by atoms with van der Waals surface area (Å²) in [5, 5.41) is 18.4. The number of fused-ring (bicyclic) bond motifs is 2. The van der Waals surface area contributed by atoms with Crippen molar-refractivity contribution in [3.05, 3.63) is 102 Å². The van der Waals surface area contributed by atoms with Crippen LogP contribution in [0.15, 0.2) is 91.1 Å². The maximum atomic E-state index is 13.6. The third-order valence-electron chi connectivity index (χ3n) is 12.3. The van der Waals surface area contributed by atoms with Crippen molar-refractivity contribution in [3.63, 3.8) is 0 Å². The normalized spacial score (nSPS) is 17.9. The number of carbonyl (C=O) groups excluding carboxylic acids is 1. The zero-order valence-corrected chi connectivity index (χ0v) is 41.3. The number of alkyl halides is 1. The number of benzene rings is 4. The molecule has 15 nitrogen and oxygen atoms in total. The molecule has 0 spiro atoms. The van der Waals surface area contributed by atoms with E-state index in [1.54, 1.807) is 25.8 Å². The Bertz CT molecular complexity index is 2610. The van der Waals surface area contributed by atoms with Crippen molar-refractivity contribution in [3.8, 4) is 22.6 Å². The number of hydrogen-bond acceptors (Lipinski definition) is 10. The average molecular weight is 989 g/mol. The van der Waals surface area contributed by atoms with Crippen LogP contribution in [0.2, 0.25) is 0 Å². The van der Waals surface area contributed by atoms with E-state index >= 15 is 0 Å². The number of piperazine rings is 1. The minimum Gasteiger partial charge on any atom is -0.493 e. The van der Waals surface area contributed by atoms with Gasteiger partial charge in [-0.3, -0.25) is 4.68 Å². The second-order valence-electron chi connectivity index (χ2n) is 18.3. The molecule has 0 aliphatic carbocycles. The van der Waals surface area contributed by atoms with Gasteiger partial charge in [-0.1, -0.05) is 58.4 Å². The Labute approximate surface area is 397 Å². The zero-order chi connectivity index (χ0) is 47.4. The quantitative estimate of drug-likeness (QED) is 0.0678. The molecule has 1 aromatic heterocycles. The number of aryl methyl sites for hydroxylation is 1. The highest BCUT2D eigenvalue weighted by molar-refractivity contribution is 9.09. The Balaban J connectivity index is 1.12. The van der Waals surface area contributed by atoms with E-state index < -0.39 is 39.3 Å². The molecule has 17 heteroatoms. The Kier molecular flexibility index (Phi) is 14.9. The fourth-order valence-electron chi connectivity index (χ4n) is 9.04. The molecule has 5 aromatic rings. The molecule has 66 heavy (non-hydrogen) atoms. The molecule has 2 aliphatic heterocycles. The van der Waals surface area contributed by atoms with Gasteiger partial charge in [-0.15, -0.1) is 0 Å². The fraction of sp³-hybridized carbons (Fsp3) is 0.449. The zero-order valence-electron chi connectivity index (χ0n) is 38.9. The molecule has 4 aromatic carbocycles. The Morgan fingerprint density at radius 2 is 1.64 bits per heavy atom. The molecule has 1 saturated heterocycles. The summed E-state index contributed by atoms with van der Waals surface area (Å²) < 4.78 is 48.0. The monoisotopic (exact) mass is 987 g/mol. The number of aromatic nitrogens is 2. The summed E-state index contributed by atoms with van der Waals surface area (Å²) in [5.74, 6) is 0.528. The van der Waals surface area contributed by atoms with E-state index in [9.17, 15) is 23.1 Å². The molecule has 0 bridgehead atoms. The summed E-state index contributed by atoms with van der Waals surface area (Å²) in [5.41, 5.74) is 3.74. The van der Waals surface area contributed by atoms with E-state index in [1.807, 2.05) is 106 Å². The van der Waals surface area contributed by atoms with E-state index in [2.05, 4.69) is 39.0 Å². The molecule has 2 atom stereocenters. The lowest BCUT2D eigenvalue weighted by molar-refractivity contribution is -0.140. The number of halogens is 1. The molecular weight excluding hydrogens is 927 g/mol. The van der Waals surface area contributed by atoms with Gasteiger partial charge < -0.3 is 34.0 Å².